The van der Waals surface area contributed by atoms with Crippen LogP contribution >= 0.6 is 23.4 Å². The minimum absolute atomic E-state index is 0.0648. The van der Waals surface area contributed by atoms with E-state index in [1.807, 2.05) is 52.2 Å². The molecule has 0 saturated carbocycles. The van der Waals surface area contributed by atoms with Gasteiger partial charge in [0.2, 0.25) is 5.88 Å². The molecule has 2 aromatic heterocycles. The van der Waals surface area contributed by atoms with Gasteiger partial charge in [-0.15, -0.1) is 11.8 Å². The van der Waals surface area contributed by atoms with Crippen molar-refractivity contribution < 1.29 is 22.7 Å². The van der Waals surface area contributed by atoms with Crippen LogP contribution in [0.2, 0.25) is 5.02 Å². The fourth-order valence-corrected chi connectivity index (χ4v) is 6.20. The van der Waals surface area contributed by atoms with Gasteiger partial charge in [0.1, 0.15) is 5.03 Å². The third-order valence-corrected chi connectivity index (χ3v) is 8.21. The van der Waals surface area contributed by atoms with Gasteiger partial charge in [-0.3, -0.25) is 4.79 Å². The van der Waals surface area contributed by atoms with Crippen molar-refractivity contribution in [2.75, 3.05) is 57.5 Å². The summed E-state index contributed by atoms with van der Waals surface area (Å²) in [5.74, 6) is 0.683. The van der Waals surface area contributed by atoms with Gasteiger partial charge in [0.25, 0.3) is 5.91 Å². The van der Waals surface area contributed by atoms with Crippen molar-refractivity contribution in [1.29, 1.82) is 0 Å². The van der Waals surface area contributed by atoms with Crippen LogP contribution in [-0.4, -0.2) is 84.4 Å². The predicted molar refractivity (Wildman–Crippen MR) is 162 cm³/mol. The highest BCUT2D eigenvalue weighted by Gasteiger charge is 2.38. The third kappa shape index (κ3) is 7.48. The number of alkyl halides is 3. The molecule has 1 atom stereocenters. The summed E-state index contributed by atoms with van der Waals surface area (Å²) in [6, 6.07) is 10.9. The molecule has 1 aliphatic rings. The number of rotatable bonds is 10. The minimum atomic E-state index is -4.69. The van der Waals surface area contributed by atoms with Crippen LogP contribution < -0.4 is 9.64 Å². The van der Waals surface area contributed by atoms with Crippen LogP contribution in [0.4, 0.5) is 18.9 Å². The predicted octanol–water partition coefficient (Wildman–Crippen LogP) is 6.61. The Bertz CT molecular complexity index is 1390. The Hall–Kier alpha value is -3.02. The molecule has 1 amide bonds. The average molecular weight is 622 g/mol. The van der Waals surface area contributed by atoms with Crippen molar-refractivity contribution in [2.24, 2.45) is 0 Å². The van der Waals surface area contributed by atoms with E-state index in [1.165, 1.54) is 11.0 Å². The summed E-state index contributed by atoms with van der Waals surface area (Å²) in [6.45, 7) is 6.27. The number of carbonyl (C=O) groups excluding carboxylic acids is 1. The maximum Gasteiger partial charge on any atom is 0.417 e. The molecule has 7 nitrogen and oxygen atoms in total. The maximum atomic E-state index is 13.7. The molecule has 42 heavy (non-hydrogen) atoms. The quantitative estimate of drug-likeness (QED) is 0.236. The van der Waals surface area contributed by atoms with E-state index in [4.69, 9.17) is 21.3 Å². The second-order valence-corrected chi connectivity index (χ2v) is 11.7. The Morgan fingerprint density at radius 1 is 1.17 bits per heavy atom. The molecule has 0 bridgehead atoms. The molecule has 12 heteroatoms. The number of benzene rings is 1. The molecule has 0 spiro atoms. The first-order valence-corrected chi connectivity index (χ1v) is 15.2. The highest BCUT2D eigenvalue weighted by molar-refractivity contribution is 7.99. The van der Waals surface area contributed by atoms with Gasteiger partial charge in [0.05, 0.1) is 34.7 Å². The molecule has 1 aromatic carbocycles. The van der Waals surface area contributed by atoms with Crippen LogP contribution in [0.3, 0.4) is 0 Å². The molecular weight excluding hydrogens is 587 g/mol. The molecule has 1 fully saturated rings. The van der Waals surface area contributed by atoms with Crippen molar-refractivity contribution in [1.82, 2.24) is 19.8 Å². The van der Waals surface area contributed by atoms with Gasteiger partial charge >= 0.3 is 6.18 Å². The SMILES string of the molecule is CCOc1ncccc1-c1ccc(N2CCN(C(=O)c3ccc(Cl)cc3C(F)(F)F)C[C@H]2CC)c(SCCN(C)C)n1. The van der Waals surface area contributed by atoms with E-state index in [-0.39, 0.29) is 29.7 Å². The van der Waals surface area contributed by atoms with Crippen LogP contribution in [0.25, 0.3) is 11.3 Å². The third-order valence-electron chi connectivity index (χ3n) is 7.01. The Morgan fingerprint density at radius 3 is 2.64 bits per heavy atom. The van der Waals surface area contributed by atoms with Crippen molar-refractivity contribution >= 4 is 35.0 Å². The lowest BCUT2D eigenvalue weighted by atomic mass is 10.0. The number of amides is 1. The molecule has 0 aliphatic carbocycles. The van der Waals surface area contributed by atoms with Gasteiger partial charge in [-0.05, 0) is 69.9 Å². The van der Waals surface area contributed by atoms with Crippen LogP contribution in [0.5, 0.6) is 5.88 Å². The Labute approximate surface area is 254 Å². The van der Waals surface area contributed by atoms with Gasteiger partial charge in [-0.25, -0.2) is 9.97 Å². The number of piperazine rings is 1. The molecule has 0 unspecified atom stereocenters. The summed E-state index contributed by atoms with van der Waals surface area (Å²) in [7, 11) is 4.03. The first-order chi connectivity index (χ1) is 20.0. The molecule has 226 valence electrons. The number of anilines is 1. The smallest absolute Gasteiger partial charge is 0.417 e. The van der Waals surface area contributed by atoms with Crippen LogP contribution in [0.15, 0.2) is 53.7 Å². The number of carbonyl (C=O) groups is 1. The zero-order valence-corrected chi connectivity index (χ0v) is 25.7. The second kappa shape index (κ2) is 14.0. The van der Waals surface area contributed by atoms with Gasteiger partial charge < -0.3 is 19.4 Å². The van der Waals surface area contributed by atoms with E-state index in [0.29, 0.717) is 25.5 Å². The summed E-state index contributed by atoms with van der Waals surface area (Å²) in [5.41, 5.74) is 1.07. The number of nitrogens with zero attached hydrogens (tertiary/aromatic N) is 5. The zero-order valence-electron chi connectivity index (χ0n) is 24.1. The normalized spacial score (nSPS) is 15.8. The monoisotopic (exact) mass is 621 g/mol. The van der Waals surface area contributed by atoms with Crippen molar-refractivity contribution in [3.63, 3.8) is 0 Å². The highest BCUT2D eigenvalue weighted by Crippen LogP contribution is 2.37. The zero-order chi connectivity index (χ0) is 30.4. The Morgan fingerprint density at radius 2 is 1.95 bits per heavy atom. The lowest BCUT2D eigenvalue weighted by molar-refractivity contribution is -0.138. The molecule has 0 N–H and O–H groups in total. The van der Waals surface area contributed by atoms with Crippen LogP contribution in [0, 0.1) is 0 Å². The molecule has 0 radical (unpaired) electrons. The van der Waals surface area contributed by atoms with Crippen molar-refractivity contribution in [2.45, 2.75) is 37.5 Å². The number of pyridine rings is 2. The van der Waals surface area contributed by atoms with E-state index in [0.717, 1.165) is 46.4 Å². The molecule has 1 saturated heterocycles. The highest BCUT2D eigenvalue weighted by atomic mass is 35.5. The fraction of sp³-hybridized carbons (Fsp3) is 0.433. The number of aromatic nitrogens is 2. The largest absolute Gasteiger partial charge is 0.477 e. The van der Waals surface area contributed by atoms with Gasteiger partial charge in [-0.1, -0.05) is 18.5 Å². The second-order valence-electron chi connectivity index (χ2n) is 10.2. The Balaban J connectivity index is 1.63. The van der Waals surface area contributed by atoms with Gasteiger partial charge in [0, 0.05) is 49.2 Å². The number of ether oxygens (including phenoxy) is 1. The summed E-state index contributed by atoms with van der Waals surface area (Å²) >= 11 is 7.48. The number of hydrogen-bond acceptors (Lipinski definition) is 7. The lowest BCUT2D eigenvalue weighted by Crippen LogP contribution is -2.55. The van der Waals surface area contributed by atoms with E-state index in [1.54, 1.807) is 18.0 Å². The van der Waals surface area contributed by atoms with Crippen LogP contribution in [-0.2, 0) is 6.18 Å². The van der Waals surface area contributed by atoms with Gasteiger partial charge in [0.15, 0.2) is 0 Å². The fourth-order valence-electron chi connectivity index (χ4n) is 4.88. The number of halogens is 4. The Kier molecular flexibility index (Phi) is 10.6. The van der Waals surface area contributed by atoms with Crippen LogP contribution in [0.1, 0.15) is 36.2 Å². The number of hydrogen-bond donors (Lipinski definition) is 0. The maximum absolute atomic E-state index is 13.7. The van der Waals surface area contributed by atoms with Crippen molar-refractivity contribution in [3.05, 3.63) is 64.8 Å². The molecular formula is C30H35ClF3N5O2S. The number of thioether (sulfide) groups is 1. The first kappa shape index (κ1) is 31.9. The molecule has 3 aromatic rings. The molecule has 3 heterocycles. The summed E-state index contributed by atoms with van der Waals surface area (Å²) < 4.78 is 47.0. The van der Waals surface area contributed by atoms with E-state index >= 15 is 0 Å². The standard InChI is InChI=1S/C30H35ClF3N5O2S/c1-5-21-19-38(29(40)22-10-9-20(31)18-24(22)30(32,33)34)14-15-39(21)26-12-11-25(36-28(26)42-17-16-37(3)4)23-8-7-13-35-27(23)41-6-2/h7-13,18,21H,5-6,14-17,19H2,1-4H3/t21-/m1/s1. The average Bonchev–Trinajstić information content (AvgIpc) is 2.96. The summed E-state index contributed by atoms with van der Waals surface area (Å²) in [4.78, 5) is 28.6. The van der Waals surface area contributed by atoms with Crippen molar-refractivity contribution in [3.8, 4) is 17.1 Å². The topological polar surface area (TPSA) is 61.8 Å². The molecule has 1 aliphatic heterocycles. The van der Waals surface area contributed by atoms with E-state index in [9.17, 15) is 18.0 Å². The van der Waals surface area contributed by atoms with E-state index in [2.05, 4.69) is 14.8 Å². The van der Waals surface area contributed by atoms with Gasteiger partial charge in [-0.2, -0.15) is 13.2 Å². The minimum Gasteiger partial charge on any atom is -0.477 e. The first-order valence-electron chi connectivity index (χ1n) is 13.8. The lowest BCUT2D eigenvalue weighted by Gasteiger charge is -2.43. The van der Waals surface area contributed by atoms with E-state index < -0.39 is 17.6 Å². The molecule has 4 rings (SSSR count). The summed E-state index contributed by atoms with van der Waals surface area (Å²) in [6.07, 6.45) is -2.31. The summed E-state index contributed by atoms with van der Waals surface area (Å²) in [5, 5.41) is 0.779.